The summed E-state index contributed by atoms with van der Waals surface area (Å²) in [5.41, 5.74) is 4.43. The molecule has 0 aliphatic heterocycles. The molecule has 0 aliphatic rings. The molecular weight excluding hydrogens is 402 g/mol. The Morgan fingerprint density at radius 2 is 1.69 bits per heavy atom. The Morgan fingerprint density at radius 1 is 1.03 bits per heavy atom. The number of carbonyl (C=O) groups is 2. The lowest BCUT2D eigenvalue weighted by atomic mass is 9.97. The van der Waals surface area contributed by atoms with Crippen LogP contribution >= 0.6 is 0 Å². The van der Waals surface area contributed by atoms with Crippen molar-refractivity contribution in [1.29, 1.82) is 0 Å². The van der Waals surface area contributed by atoms with Crippen molar-refractivity contribution >= 4 is 11.8 Å². The Hall–Kier alpha value is -3.10. The number of benzene rings is 2. The Kier molecular flexibility index (Phi) is 9.04. The Bertz CT molecular complexity index is 979. The molecule has 0 saturated heterocycles. The molecule has 0 N–H and O–H groups in total. The molecule has 0 aromatic heterocycles. The summed E-state index contributed by atoms with van der Waals surface area (Å²) in [6.07, 6.45) is 5.77. The fraction of sp³-hybridized carbons (Fsp3) is 0.407. The van der Waals surface area contributed by atoms with Gasteiger partial charge in [0.2, 0.25) is 0 Å². The number of ether oxygens (including phenoxy) is 2. The second-order valence-corrected chi connectivity index (χ2v) is 8.24. The highest BCUT2D eigenvalue weighted by molar-refractivity contribution is 5.82. The zero-order valence-electron chi connectivity index (χ0n) is 19.9. The van der Waals surface area contributed by atoms with E-state index in [1.165, 1.54) is 6.92 Å². The average Bonchev–Trinajstić information content (AvgIpc) is 2.75. The highest BCUT2D eigenvalue weighted by Crippen LogP contribution is 2.30. The predicted octanol–water partition coefficient (Wildman–Crippen LogP) is 4.41. The minimum atomic E-state index is -0.423. The van der Waals surface area contributed by atoms with Crippen molar-refractivity contribution in [3.05, 3.63) is 58.7 Å². The van der Waals surface area contributed by atoms with Crippen LogP contribution < -0.4 is 9.47 Å². The lowest BCUT2D eigenvalue weighted by Crippen LogP contribution is -2.50. The van der Waals surface area contributed by atoms with Crippen LogP contribution in [0.5, 0.6) is 11.5 Å². The number of terminal acetylenes is 1. The minimum Gasteiger partial charge on any atom is -0.477 e. The Balaban J connectivity index is 2.24. The zero-order valence-corrected chi connectivity index (χ0v) is 19.9. The van der Waals surface area contributed by atoms with Gasteiger partial charge < -0.3 is 14.0 Å². The molecule has 5 heteroatoms. The third-order valence-electron chi connectivity index (χ3n) is 5.96. The maximum atomic E-state index is 13.1. The average molecular weight is 437 g/mol. The summed E-state index contributed by atoms with van der Waals surface area (Å²) in [5, 5.41) is 0. The Labute approximate surface area is 191 Å². The molecule has 0 amide bonds. The molecule has 0 saturated carbocycles. The minimum absolute atomic E-state index is 0.0769. The van der Waals surface area contributed by atoms with E-state index in [1.54, 1.807) is 6.07 Å². The first-order valence-corrected chi connectivity index (χ1v) is 11.0. The van der Waals surface area contributed by atoms with Crippen LogP contribution in [-0.4, -0.2) is 42.5 Å². The number of carbonyl (C=O) groups excluding carboxylic acids is 2. The number of rotatable bonds is 11. The van der Waals surface area contributed by atoms with Crippen molar-refractivity contribution in [2.45, 2.75) is 47.6 Å². The van der Waals surface area contributed by atoms with Gasteiger partial charge in [-0.3, -0.25) is 9.59 Å². The van der Waals surface area contributed by atoms with Gasteiger partial charge in [-0.15, -0.1) is 6.42 Å². The first-order valence-electron chi connectivity index (χ1n) is 11.0. The predicted molar refractivity (Wildman–Crippen MR) is 127 cm³/mol. The van der Waals surface area contributed by atoms with Crippen LogP contribution in [0, 0.1) is 26.2 Å². The SMILES string of the molecule is C#CCOc1cc(C[N+](CC)(CC)CC(=O)Cc2c(C)cccc2C)ccc1OC(C)=O. The number of Topliss-reactive ketones (excluding diaryl/α,β-unsaturated/α-hetero) is 1. The van der Waals surface area contributed by atoms with Crippen molar-refractivity contribution in [2.24, 2.45) is 0 Å². The van der Waals surface area contributed by atoms with E-state index in [9.17, 15) is 9.59 Å². The molecule has 2 aromatic rings. The summed E-state index contributed by atoms with van der Waals surface area (Å²) in [6.45, 7) is 12.5. The smallest absolute Gasteiger partial charge is 0.308 e. The number of hydrogen-bond acceptors (Lipinski definition) is 4. The third-order valence-corrected chi connectivity index (χ3v) is 5.96. The molecule has 5 nitrogen and oxygen atoms in total. The van der Waals surface area contributed by atoms with E-state index in [1.807, 2.05) is 18.2 Å². The second-order valence-electron chi connectivity index (χ2n) is 8.24. The van der Waals surface area contributed by atoms with E-state index in [0.717, 1.165) is 35.3 Å². The molecule has 0 spiro atoms. The summed E-state index contributed by atoms with van der Waals surface area (Å²) in [4.78, 5) is 24.5. The summed E-state index contributed by atoms with van der Waals surface area (Å²) in [5.74, 6) is 3.01. The highest BCUT2D eigenvalue weighted by Gasteiger charge is 2.28. The van der Waals surface area contributed by atoms with Crippen LogP contribution in [0.1, 0.15) is 43.0 Å². The topological polar surface area (TPSA) is 52.6 Å². The zero-order chi connectivity index (χ0) is 23.7. The van der Waals surface area contributed by atoms with E-state index in [2.05, 4.69) is 45.7 Å². The van der Waals surface area contributed by atoms with Crippen LogP contribution in [-0.2, 0) is 22.6 Å². The lowest BCUT2D eigenvalue weighted by molar-refractivity contribution is -0.930. The molecule has 0 unspecified atom stereocenters. The molecule has 0 heterocycles. The van der Waals surface area contributed by atoms with Gasteiger partial charge >= 0.3 is 5.97 Å². The number of hydrogen-bond donors (Lipinski definition) is 0. The van der Waals surface area contributed by atoms with Gasteiger partial charge in [-0.2, -0.15) is 0 Å². The number of ketones is 1. The van der Waals surface area contributed by atoms with Gasteiger partial charge in [-0.25, -0.2) is 0 Å². The number of quaternary nitrogens is 1. The second kappa shape index (κ2) is 11.5. The van der Waals surface area contributed by atoms with E-state index in [4.69, 9.17) is 15.9 Å². The molecule has 0 radical (unpaired) electrons. The molecule has 2 rings (SSSR count). The van der Waals surface area contributed by atoms with Crippen molar-refractivity contribution in [2.75, 3.05) is 26.2 Å². The van der Waals surface area contributed by atoms with Gasteiger partial charge in [0.1, 0.15) is 19.7 Å². The first kappa shape index (κ1) is 25.2. The number of nitrogens with zero attached hydrogens (tertiary/aromatic N) is 1. The van der Waals surface area contributed by atoms with Gasteiger partial charge in [0.25, 0.3) is 0 Å². The number of likely N-dealkylation sites (N-methyl/N-ethyl adjacent to an activating group) is 1. The molecule has 2 aromatic carbocycles. The maximum Gasteiger partial charge on any atom is 0.308 e. The molecule has 0 fully saturated rings. The molecule has 32 heavy (non-hydrogen) atoms. The van der Waals surface area contributed by atoms with Crippen LogP contribution in [0.4, 0.5) is 0 Å². The van der Waals surface area contributed by atoms with E-state index in [-0.39, 0.29) is 12.4 Å². The standard InChI is InChI=1S/C27H34NO4/c1-7-15-31-27-16-23(13-14-26(27)32-22(6)29)18-28(8-2,9-3)19-24(30)17-25-20(4)11-10-12-21(25)5/h1,10-14,16H,8-9,15,17-19H2,2-6H3/q+1. The van der Waals surface area contributed by atoms with E-state index >= 15 is 0 Å². The monoisotopic (exact) mass is 436 g/mol. The van der Waals surface area contributed by atoms with Gasteiger partial charge in [0.05, 0.1) is 13.1 Å². The van der Waals surface area contributed by atoms with Crippen LogP contribution in [0.2, 0.25) is 0 Å². The van der Waals surface area contributed by atoms with Crippen molar-refractivity contribution in [3.8, 4) is 23.8 Å². The van der Waals surface area contributed by atoms with Crippen molar-refractivity contribution in [3.63, 3.8) is 0 Å². The fourth-order valence-corrected chi connectivity index (χ4v) is 3.99. The number of esters is 1. The van der Waals surface area contributed by atoms with E-state index < -0.39 is 5.97 Å². The van der Waals surface area contributed by atoms with Gasteiger partial charge in [0.15, 0.2) is 17.3 Å². The third kappa shape index (κ3) is 6.70. The number of aryl methyl sites for hydroxylation is 2. The normalized spacial score (nSPS) is 11.0. The van der Waals surface area contributed by atoms with Crippen LogP contribution in [0.15, 0.2) is 36.4 Å². The molecule has 0 atom stereocenters. The van der Waals surface area contributed by atoms with Gasteiger partial charge in [-0.05, 0) is 62.6 Å². The first-order chi connectivity index (χ1) is 15.2. The Morgan fingerprint density at radius 3 is 2.25 bits per heavy atom. The molecular formula is C27H34NO4+. The summed E-state index contributed by atoms with van der Waals surface area (Å²) in [7, 11) is 0. The fourth-order valence-electron chi connectivity index (χ4n) is 3.99. The lowest BCUT2D eigenvalue weighted by Gasteiger charge is -2.36. The molecule has 0 bridgehead atoms. The van der Waals surface area contributed by atoms with Crippen LogP contribution in [0.25, 0.3) is 0 Å². The molecule has 170 valence electrons. The molecule has 0 aliphatic carbocycles. The maximum absolute atomic E-state index is 13.1. The largest absolute Gasteiger partial charge is 0.477 e. The highest BCUT2D eigenvalue weighted by atomic mass is 16.6. The van der Waals surface area contributed by atoms with Crippen molar-refractivity contribution in [1.82, 2.24) is 0 Å². The summed E-state index contributed by atoms with van der Waals surface area (Å²) < 4.78 is 11.5. The summed E-state index contributed by atoms with van der Waals surface area (Å²) >= 11 is 0. The van der Waals surface area contributed by atoms with Crippen molar-refractivity contribution < 1.29 is 23.5 Å². The van der Waals surface area contributed by atoms with Gasteiger partial charge in [-0.1, -0.05) is 24.1 Å². The summed E-state index contributed by atoms with van der Waals surface area (Å²) in [6, 6.07) is 11.6. The quantitative estimate of drug-likeness (QED) is 0.227. The van der Waals surface area contributed by atoms with E-state index in [0.29, 0.717) is 35.5 Å². The van der Waals surface area contributed by atoms with Crippen LogP contribution in [0.3, 0.4) is 0 Å². The van der Waals surface area contributed by atoms with Gasteiger partial charge in [0, 0.05) is 18.9 Å².